The van der Waals surface area contributed by atoms with Crippen LogP contribution in [0.4, 0.5) is 0 Å². The molecule has 0 amide bonds. The van der Waals surface area contributed by atoms with E-state index >= 15 is 0 Å². The van der Waals surface area contributed by atoms with Gasteiger partial charge < -0.3 is 10.2 Å². The Kier molecular flexibility index (Phi) is 4.27. The Balaban J connectivity index is 2.05. The molecule has 1 unspecified atom stereocenters. The van der Waals surface area contributed by atoms with E-state index in [1.165, 1.54) is 13.8 Å². The minimum atomic E-state index is -1.43. The third kappa shape index (κ3) is 2.91. The zero-order valence-corrected chi connectivity index (χ0v) is 12.8. The molecule has 0 spiro atoms. The molecule has 0 aromatic heterocycles. The highest BCUT2D eigenvalue weighted by Gasteiger charge is 2.51. The molecule has 5 heteroatoms. The van der Waals surface area contributed by atoms with E-state index in [2.05, 4.69) is 6.92 Å². The molecular formula is C15H26O5. The van der Waals surface area contributed by atoms with Crippen molar-refractivity contribution in [2.24, 2.45) is 11.8 Å². The lowest BCUT2D eigenvalue weighted by Gasteiger charge is -2.49. The summed E-state index contributed by atoms with van der Waals surface area (Å²) in [7, 11) is 0. The Morgan fingerprint density at radius 3 is 2.70 bits per heavy atom. The molecule has 20 heavy (non-hydrogen) atoms. The summed E-state index contributed by atoms with van der Waals surface area (Å²) in [4.78, 5) is 22.8. The highest BCUT2D eigenvalue weighted by Crippen LogP contribution is 2.45. The Hall–Kier alpha value is -0.490. The first-order valence-electron chi connectivity index (χ1n) is 7.43. The second-order valence-corrected chi connectivity index (χ2v) is 7.09. The summed E-state index contributed by atoms with van der Waals surface area (Å²) in [5.74, 6) is 0.258. The number of fused-ring (bicyclic) bond motifs is 2. The Bertz CT molecular complexity index is 375. The van der Waals surface area contributed by atoms with Gasteiger partial charge in [0.2, 0.25) is 0 Å². The van der Waals surface area contributed by atoms with Crippen molar-refractivity contribution in [2.45, 2.75) is 76.8 Å². The van der Waals surface area contributed by atoms with Crippen LogP contribution in [0.25, 0.3) is 0 Å². The second kappa shape index (κ2) is 5.37. The molecule has 2 rings (SSSR count). The van der Waals surface area contributed by atoms with Gasteiger partial charge in [-0.2, -0.15) is 0 Å². The summed E-state index contributed by atoms with van der Waals surface area (Å²) >= 11 is 0. The number of Topliss-reactive ketones (excluding diaryl/α,β-unsaturated/α-hetero) is 1. The topological polar surface area (TPSA) is 76.0 Å². The molecule has 116 valence electrons. The van der Waals surface area contributed by atoms with Gasteiger partial charge in [-0.15, -0.1) is 0 Å². The number of rotatable bonds is 4. The third-order valence-electron chi connectivity index (χ3n) is 5.01. The van der Waals surface area contributed by atoms with E-state index in [0.29, 0.717) is 5.92 Å². The molecule has 2 aliphatic rings. The van der Waals surface area contributed by atoms with Crippen LogP contribution in [0.3, 0.4) is 0 Å². The van der Waals surface area contributed by atoms with Crippen LogP contribution in [0.2, 0.25) is 0 Å². The van der Waals surface area contributed by atoms with E-state index in [4.69, 9.17) is 9.78 Å². The normalized spacial score (nSPS) is 39.4. The van der Waals surface area contributed by atoms with E-state index in [-0.39, 0.29) is 24.2 Å². The molecule has 1 heterocycles. The molecule has 2 fully saturated rings. The van der Waals surface area contributed by atoms with Gasteiger partial charge in [-0.25, -0.2) is 9.78 Å². The van der Waals surface area contributed by atoms with Crippen molar-refractivity contribution in [2.75, 3.05) is 0 Å². The summed E-state index contributed by atoms with van der Waals surface area (Å²) in [6.07, 6.45) is 1.84. The van der Waals surface area contributed by atoms with Gasteiger partial charge in [0.05, 0.1) is 12.2 Å². The monoisotopic (exact) mass is 286 g/mol. The van der Waals surface area contributed by atoms with Crippen molar-refractivity contribution >= 4 is 5.78 Å². The maximum atomic E-state index is 11.9. The fourth-order valence-electron chi connectivity index (χ4n) is 3.12. The number of aliphatic hydroxyl groups is 2. The molecule has 2 bridgehead atoms. The summed E-state index contributed by atoms with van der Waals surface area (Å²) < 4.78 is 0. The number of ketones is 1. The minimum Gasteiger partial charge on any atom is -0.390 e. The molecule has 5 nitrogen and oxygen atoms in total. The van der Waals surface area contributed by atoms with E-state index in [0.717, 1.165) is 19.3 Å². The summed E-state index contributed by atoms with van der Waals surface area (Å²) in [6, 6.07) is 0. The lowest BCUT2D eigenvalue weighted by Crippen LogP contribution is -2.57. The largest absolute Gasteiger partial charge is 0.390 e. The second-order valence-electron chi connectivity index (χ2n) is 7.09. The lowest BCUT2D eigenvalue weighted by molar-refractivity contribution is -0.446. The first-order valence-corrected chi connectivity index (χ1v) is 7.43. The van der Waals surface area contributed by atoms with Gasteiger partial charge in [0.15, 0.2) is 5.78 Å². The molecule has 1 saturated heterocycles. The van der Waals surface area contributed by atoms with Crippen molar-refractivity contribution in [3.05, 3.63) is 0 Å². The highest BCUT2D eigenvalue weighted by atomic mass is 17.2. The van der Waals surface area contributed by atoms with Crippen LogP contribution >= 0.6 is 0 Å². The van der Waals surface area contributed by atoms with Crippen LogP contribution in [0.1, 0.15) is 53.4 Å². The van der Waals surface area contributed by atoms with Gasteiger partial charge in [0.25, 0.3) is 0 Å². The zero-order chi connectivity index (χ0) is 15.1. The Morgan fingerprint density at radius 1 is 1.45 bits per heavy atom. The van der Waals surface area contributed by atoms with Gasteiger partial charge in [0.1, 0.15) is 11.2 Å². The fraction of sp³-hybridized carbons (Fsp3) is 0.933. The SMILES string of the molecule is C[C@@H]1CC[C@H]2C[C@@H]1OO[C@@]2(C)C(O)CC(=O)C(C)(C)O. The average molecular weight is 286 g/mol. The zero-order valence-electron chi connectivity index (χ0n) is 12.8. The predicted molar refractivity (Wildman–Crippen MR) is 72.8 cm³/mol. The van der Waals surface area contributed by atoms with Crippen molar-refractivity contribution in [1.29, 1.82) is 0 Å². The van der Waals surface area contributed by atoms with Gasteiger partial charge >= 0.3 is 0 Å². The molecule has 0 radical (unpaired) electrons. The molecule has 2 N–H and O–H groups in total. The average Bonchev–Trinajstić information content (AvgIpc) is 2.36. The van der Waals surface area contributed by atoms with Crippen molar-refractivity contribution < 1.29 is 24.8 Å². The predicted octanol–water partition coefficient (Wildman–Crippen LogP) is 1.60. The molecule has 1 aliphatic heterocycles. The molecular weight excluding hydrogens is 260 g/mol. The molecule has 1 saturated carbocycles. The maximum absolute atomic E-state index is 11.9. The maximum Gasteiger partial charge on any atom is 0.166 e. The van der Waals surface area contributed by atoms with E-state index in [9.17, 15) is 15.0 Å². The minimum absolute atomic E-state index is 0.0824. The van der Waals surface area contributed by atoms with E-state index < -0.39 is 17.3 Å². The Morgan fingerprint density at radius 2 is 2.10 bits per heavy atom. The number of hydrogen-bond acceptors (Lipinski definition) is 5. The van der Waals surface area contributed by atoms with Crippen molar-refractivity contribution in [1.82, 2.24) is 0 Å². The van der Waals surface area contributed by atoms with E-state index in [1.807, 2.05) is 0 Å². The summed E-state index contributed by atoms with van der Waals surface area (Å²) in [6.45, 7) is 6.80. The molecule has 5 atom stereocenters. The first kappa shape index (κ1) is 15.9. The van der Waals surface area contributed by atoms with Crippen LogP contribution in [0.5, 0.6) is 0 Å². The smallest absolute Gasteiger partial charge is 0.166 e. The Labute approximate surface area is 120 Å². The van der Waals surface area contributed by atoms with Gasteiger partial charge in [-0.3, -0.25) is 4.79 Å². The third-order valence-corrected chi connectivity index (χ3v) is 5.01. The van der Waals surface area contributed by atoms with Gasteiger partial charge in [-0.05, 0) is 51.9 Å². The highest BCUT2D eigenvalue weighted by molar-refractivity contribution is 5.86. The van der Waals surface area contributed by atoms with Crippen LogP contribution in [0, 0.1) is 11.8 Å². The first-order chi connectivity index (χ1) is 9.14. The fourth-order valence-corrected chi connectivity index (χ4v) is 3.12. The van der Waals surface area contributed by atoms with Crippen LogP contribution < -0.4 is 0 Å². The standard InChI is InChI=1S/C15H26O5/c1-9-5-6-10-7-11(9)19-20-15(10,4)13(17)8-12(16)14(2,3)18/h9-11,13,17-18H,5-8H2,1-4H3/t9-,10+,11+,13?,15-/m1/s1. The molecule has 1 aliphatic carbocycles. The molecule has 0 aromatic rings. The summed E-state index contributed by atoms with van der Waals surface area (Å²) in [5, 5.41) is 20.1. The number of hydrogen-bond donors (Lipinski definition) is 2. The van der Waals surface area contributed by atoms with Crippen LogP contribution in [-0.4, -0.2) is 39.4 Å². The van der Waals surface area contributed by atoms with E-state index in [1.54, 1.807) is 6.92 Å². The van der Waals surface area contributed by atoms with Crippen LogP contribution in [0.15, 0.2) is 0 Å². The number of carbonyl (C=O) groups excluding carboxylic acids is 1. The van der Waals surface area contributed by atoms with Crippen molar-refractivity contribution in [3.8, 4) is 0 Å². The van der Waals surface area contributed by atoms with Crippen molar-refractivity contribution in [3.63, 3.8) is 0 Å². The molecule has 0 aromatic carbocycles. The quantitative estimate of drug-likeness (QED) is 0.768. The lowest BCUT2D eigenvalue weighted by atomic mass is 9.69. The summed E-state index contributed by atoms with van der Waals surface area (Å²) in [5.41, 5.74) is -2.31. The van der Waals surface area contributed by atoms with Crippen LogP contribution in [-0.2, 0) is 14.6 Å². The van der Waals surface area contributed by atoms with Gasteiger partial charge in [-0.1, -0.05) is 6.92 Å². The van der Waals surface area contributed by atoms with Gasteiger partial charge in [0, 0.05) is 6.42 Å². The number of aliphatic hydroxyl groups excluding tert-OH is 1. The number of carbonyl (C=O) groups is 1.